The van der Waals surface area contributed by atoms with Crippen molar-refractivity contribution in [2.24, 2.45) is 0 Å². The molecule has 0 spiro atoms. The molecule has 84 valence electrons. The molecule has 17 heavy (non-hydrogen) atoms. The van der Waals surface area contributed by atoms with Gasteiger partial charge in [-0.05, 0) is 52.3 Å². The Bertz CT molecular complexity index is 573. The number of nitrogens with two attached hydrogens (primary N) is 1. The number of benzene rings is 2. The maximum atomic E-state index is 9.04. The molecule has 0 amide bonds. The van der Waals surface area contributed by atoms with Crippen molar-refractivity contribution in [3.05, 3.63) is 52.5 Å². The molecule has 0 aliphatic heterocycles. The zero-order valence-corrected chi connectivity index (χ0v) is 10.4. The average molecular weight is 289 g/mol. The summed E-state index contributed by atoms with van der Waals surface area (Å²) in [6, 6.07) is 14.5. The van der Waals surface area contributed by atoms with E-state index in [4.69, 9.17) is 15.7 Å². The summed E-state index contributed by atoms with van der Waals surface area (Å²) >= 11 is 3.31. The lowest BCUT2D eigenvalue weighted by molar-refractivity contribution is 0.481. The SMILES string of the molecule is N#Cc1c(Br)cccc1Oc1ccc(N)cc1. The molecule has 0 aromatic heterocycles. The summed E-state index contributed by atoms with van der Waals surface area (Å²) in [5, 5.41) is 9.04. The summed E-state index contributed by atoms with van der Waals surface area (Å²) in [5.41, 5.74) is 6.73. The van der Waals surface area contributed by atoms with Crippen LogP contribution in [-0.2, 0) is 0 Å². The minimum Gasteiger partial charge on any atom is -0.456 e. The molecule has 0 radical (unpaired) electrons. The molecule has 2 aromatic carbocycles. The van der Waals surface area contributed by atoms with Crippen molar-refractivity contribution in [1.82, 2.24) is 0 Å². The van der Waals surface area contributed by atoms with Crippen molar-refractivity contribution in [3.63, 3.8) is 0 Å². The molecule has 0 aliphatic carbocycles. The van der Waals surface area contributed by atoms with Crippen LogP contribution in [0.2, 0.25) is 0 Å². The van der Waals surface area contributed by atoms with Crippen molar-refractivity contribution in [2.45, 2.75) is 0 Å². The van der Waals surface area contributed by atoms with Crippen molar-refractivity contribution >= 4 is 21.6 Å². The molecule has 0 unspecified atom stereocenters. The fraction of sp³-hybridized carbons (Fsp3) is 0. The third kappa shape index (κ3) is 2.58. The van der Waals surface area contributed by atoms with E-state index in [0.29, 0.717) is 27.2 Å². The molecule has 0 bridgehead atoms. The Hall–Kier alpha value is -1.99. The van der Waals surface area contributed by atoms with Crippen molar-refractivity contribution < 1.29 is 4.74 Å². The molecule has 0 atom stereocenters. The fourth-order valence-electron chi connectivity index (χ4n) is 1.36. The molecule has 3 nitrogen and oxygen atoms in total. The number of nitriles is 1. The number of hydrogen-bond donors (Lipinski definition) is 1. The van der Waals surface area contributed by atoms with Crippen LogP contribution in [0, 0.1) is 11.3 Å². The minimum atomic E-state index is 0.476. The largest absolute Gasteiger partial charge is 0.456 e. The second-order valence-electron chi connectivity index (χ2n) is 3.40. The smallest absolute Gasteiger partial charge is 0.146 e. The maximum Gasteiger partial charge on any atom is 0.146 e. The second-order valence-corrected chi connectivity index (χ2v) is 4.25. The van der Waals surface area contributed by atoms with Crippen LogP contribution in [0.3, 0.4) is 0 Å². The summed E-state index contributed by atoms with van der Waals surface area (Å²) in [6.07, 6.45) is 0. The molecular formula is C13H9BrN2O. The van der Waals surface area contributed by atoms with Crippen LogP contribution in [0.25, 0.3) is 0 Å². The van der Waals surface area contributed by atoms with Crippen LogP contribution < -0.4 is 10.5 Å². The second kappa shape index (κ2) is 4.89. The van der Waals surface area contributed by atoms with Gasteiger partial charge in [-0.3, -0.25) is 0 Å². The summed E-state index contributed by atoms with van der Waals surface area (Å²) in [6.45, 7) is 0. The van der Waals surface area contributed by atoms with Gasteiger partial charge < -0.3 is 10.5 Å². The van der Waals surface area contributed by atoms with E-state index in [1.807, 2.05) is 6.07 Å². The van der Waals surface area contributed by atoms with Crippen LogP contribution in [0.15, 0.2) is 46.9 Å². The maximum absolute atomic E-state index is 9.04. The molecule has 0 saturated carbocycles. The molecule has 0 fully saturated rings. The first-order valence-electron chi connectivity index (χ1n) is 4.92. The topological polar surface area (TPSA) is 59.0 Å². The van der Waals surface area contributed by atoms with Gasteiger partial charge in [-0.2, -0.15) is 5.26 Å². The van der Waals surface area contributed by atoms with Gasteiger partial charge in [0.1, 0.15) is 23.1 Å². The molecule has 2 rings (SSSR count). The Morgan fingerprint density at radius 3 is 2.47 bits per heavy atom. The van der Waals surface area contributed by atoms with Gasteiger partial charge in [0.05, 0.1) is 0 Å². The zero-order chi connectivity index (χ0) is 12.3. The third-order valence-electron chi connectivity index (χ3n) is 2.20. The van der Waals surface area contributed by atoms with E-state index >= 15 is 0 Å². The highest BCUT2D eigenvalue weighted by Gasteiger charge is 2.07. The monoisotopic (exact) mass is 288 g/mol. The van der Waals surface area contributed by atoms with Gasteiger partial charge in [0.25, 0.3) is 0 Å². The predicted octanol–water partition coefficient (Wildman–Crippen LogP) is 3.70. The number of anilines is 1. The third-order valence-corrected chi connectivity index (χ3v) is 2.86. The quantitative estimate of drug-likeness (QED) is 0.858. The normalized spacial score (nSPS) is 9.65. The van der Waals surface area contributed by atoms with E-state index in [1.165, 1.54) is 0 Å². The number of hydrogen-bond acceptors (Lipinski definition) is 3. The summed E-state index contributed by atoms with van der Waals surface area (Å²) < 4.78 is 6.34. The Morgan fingerprint density at radius 2 is 1.82 bits per heavy atom. The summed E-state index contributed by atoms with van der Waals surface area (Å²) in [7, 11) is 0. The van der Waals surface area contributed by atoms with Gasteiger partial charge in [-0.15, -0.1) is 0 Å². The molecular weight excluding hydrogens is 280 g/mol. The van der Waals surface area contributed by atoms with Gasteiger partial charge in [0.15, 0.2) is 0 Å². The van der Waals surface area contributed by atoms with Gasteiger partial charge in [0.2, 0.25) is 0 Å². The zero-order valence-electron chi connectivity index (χ0n) is 8.85. The molecule has 2 N–H and O–H groups in total. The van der Waals surface area contributed by atoms with Crippen molar-refractivity contribution in [1.29, 1.82) is 5.26 Å². The van der Waals surface area contributed by atoms with E-state index in [9.17, 15) is 0 Å². The van der Waals surface area contributed by atoms with E-state index in [0.717, 1.165) is 0 Å². The van der Waals surface area contributed by atoms with Crippen LogP contribution in [0.1, 0.15) is 5.56 Å². The van der Waals surface area contributed by atoms with Crippen LogP contribution in [0.5, 0.6) is 11.5 Å². The Labute approximate surface area is 108 Å². The first kappa shape index (κ1) is 11.5. The van der Waals surface area contributed by atoms with Gasteiger partial charge in [0, 0.05) is 10.2 Å². The number of ether oxygens (including phenoxy) is 1. The van der Waals surface area contributed by atoms with Gasteiger partial charge in [-0.1, -0.05) is 6.07 Å². The summed E-state index contributed by atoms with van der Waals surface area (Å²) in [5.74, 6) is 1.17. The highest BCUT2D eigenvalue weighted by atomic mass is 79.9. The standard InChI is InChI=1S/C13H9BrN2O/c14-12-2-1-3-13(11(12)8-15)17-10-6-4-9(16)5-7-10/h1-7H,16H2. The fourth-order valence-corrected chi connectivity index (χ4v) is 1.80. The lowest BCUT2D eigenvalue weighted by Crippen LogP contribution is -1.90. The molecule has 0 heterocycles. The number of nitrogen functional groups attached to an aromatic ring is 1. The van der Waals surface area contributed by atoms with E-state index in [-0.39, 0.29) is 0 Å². The van der Waals surface area contributed by atoms with E-state index in [2.05, 4.69) is 22.0 Å². The van der Waals surface area contributed by atoms with Crippen LogP contribution in [0.4, 0.5) is 5.69 Å². The van der Waals surface area contributed by atoms with Crippen molar-refractivity contribution in [2.75, 3.05) is 5.73 Å². The minimum absolute atomic E-state index is 0.476. The van der Waals surface area contributed by atoms with Crippen LogP contribution in [-0.4, -0.2) is 0 Å². The van der Waals surface area contributed by atoms with Gasteiger partial charge >= 0.3 is 0 Å². The molecule has 0 saturated heterocycles. The Kier molecular flexibility index (Phi) is 3.31. The Morgan fingerprint density at radius 1 is 1.12 bits per heavy atom. The number of halogens is 1. The van der Waals surface area contributed by atoms with Gasteiger partial charge in [-0.25, -0.2) is 0 Å². The highest BCUT2D eigenvalue weighted by Crippen LogP contribution is 2.30. The molecule has 4 heteroatoms. The number of nitrogens with zero attached hydrogens (tertiary/aromatic N) is 1. The van der Waals surface area contributed by atoms with E-state index < -0.39 is 0 Å². The highest BCUT2D eigenvalue weighted by molar-refractivity contribution is 9.10. The number of rotatable bonds is 2. The Balaban J connectivity index is 2.34. The average Bonchev–Trinajstić information content (AvgIpc) is 2.32. The first-order chi connectivity index (χ1) is 8.20. The lowest BCUT2D eigenvalue weighted by atomic mass is 10.2. The van der Waals surface area contributed by atoms with Crippen molar-refractivity contribution in [3.8, 4) is 17.6 Å². The lowest BCUT2D eigenvalue weighted by Gasteiger charge is -2.08. The van der Waals surface area contributed by atoms with E-state index in [1.54, 1.807) is 36.4 Å². The summed E-state index contributed by atoms with van der Waals surface area (Å²) in [4.78, 5) is 0. The first-order valence-corrected chi connectivity index (χ1v) is 5.72. The molecule has 0 aliphatic rings. The molecule has 2 aromatic rings. The van der Waals surface area contributed by atoms with Crippen LogP contribution >= 0.6 is 15.9 Å². The predicted molar refractivity (Wildman–Crippen MR) is 69.8 cm³/mol.